The maximum absolute atomic E-state index is 12.0. The van der Waals surface area contributed by atoms with Gasteiger partial charge in [-0.2, -0.15) is 0 Å². The molecule has 0 spiro atoms. The lowest BCUT2D eigenvalue weighted by molar-refractivity contribution is 0.241. The average molecular weight is 290 g/mol. The summed E-state index contributed by atoms with van der Waals surface area (Å²) in [5.41, 5.74) is 1.15. The summed E-state index contributed by atoms with van der Waals surface area (Å²) >= 11 is 1.60. The number of hydrogen-bond acceptors (Lipinski definition) is 4. The van der Waals surface area contributed by atoms with E-state index in [1.165, 1.54) is 4.88 Å². The fourth-order valence-corrected chi connectivity index (χ4v) is 2.65. The molecule has 5 nitrogen and oxygen atoms in total. The third kappa shape index (κ3) is 3.33. The number of pyridine rings is 1. The van der Waals surface area contributed by atoms with E-state index in [9.17, 15) is 4.79 Å². The molecule has 0 aliphatic carbocycles. The Morgan fingerprint density at radius 1 is 1.35 bits per heavy atom. The molecule has 2 rings (SSSR count). The molecule has 20 heavy (non-hydrogen) atoms. The molecule has 0 saturated heterocycles. The Balaban J connectivity index is 2.06. The van der Waals surface area contributed by atoms with Gasteiger partial charge in [0.25, 0.3) is 0 Å². The molecule has 106 valence electrons. The van der Waals surface area contributed by atoms with Crippen molar-refractivity contribution < 1.29 is 4.79 Å². The Morgan fingerprint density at radius 2 is 2.10 bits per heavy atom. The summed E-state index contributed by atoms with van der Waals surface area (Å²) in [5.74, 6) is 0. The SMILES string of the molecule is Cc1nc(C(C)(C)NC(=O)Nc2cccnc2)sc1C. The Morgan fingerprint density at radius 3 is 2.65 bits per heavy atom. The zero-order chi connectivity index (χ0) is 14.8. The van der Waals surface area contributed by atoms with Crippen LogP contribution in [0.2, 0.25) is 0 Å². The number of urea groups is 1. The van der Waals surface area contributed by atoms with Crippen molar-refractivity contribution in [2.75, 3.05) is 5.32 Å². The highest BCUT2D eigenvalue weighted by atomic mass is 32.1. The van der Waals surface area contributed by atoms with Gasteiger partial charge in [0, 0.05) is 11.1 Å². The first-order valence-corrected chi connectivity index (χ1v) is 7.14. The molecule has 0 aliphatic rings. The van der Waals surface area contributed by atoms with Gasteiger partial charge in [-0.1, -0.05) is 0 Å². The van der Waals surface area contributed by atoms with Gasteiger partial charge in [0.1, 0.15) is 5.01 Å². The number of rotatable bonds is 3. The second kappa shape index (κ2) is 5.58. The van der Waals surface area contributed by atoms with Crippen LogP contribution in [0.5, 0.6) is 0 Å². The topological polar surface area (TPSA) is 66.9 Å². The van der Waals surface area contributed by atoms with Gasteiger partial charge in [-0.3, -0.25) is 4.98 Å². The van der Waals surface area contributed by atoms with Crippen LogP contribution in [0.4, 0.5) is 10.5 Å². The van der Waals surface area contributed by atoms with Gasteiger partial charge in [-0.05, 0) is 39.8 Å². The Kier molecular flexibility index (Phi) is 4.04. The van der Waals surface area contributed by atoms with Crippen LogP contribution < -0.4 is 10.6 Å². The lowest BCUT2D eigenvalue weighted by Crippen LogP contribution is -2.43. The summed E-state index contributed by atoms with van der Waals surface area (Å²) in [6.45, 7) is 7.88. The average Bonchev–Trinajstić information content (AvgIpc) is 2.71. The predicted octanol–water partition coefficient (Wildman–Crippen LogP) is 3.21. The van der Waals surface area contributed by atoms with Crippen molar-refractivity contribution in [2.45, 2.75) is 33.2 Å². The second-order valence-electron chi connectivity index (χ2n) is 5.11. The van der Waals surface area contributed by atoms with Crippen LogP contribution in [0.15, 0.2) is 24.5 Å². The summed E-state index contributed by atoms with van der Waals surface area (Å²) in [5, 5.41) is 6.58. The normalized spacial score (nSPS) is 11.2. The molecule has 2 N–H and O–H groups in total. The van der Waals surface area contributed by atoms with Gasteiger partial charge >= 0.3 is 6.03 Å². The summed E-state index contributed by atoms with van der Waals surface area (Å²) in [6, 6.07) is 3.29. The number of hydrogen-bond donors (Lipinski definition) is 2. The summed E-state index contributed by atoms with van der Waals surface area (Å²) < 4.78 is 0. The van der Waals surface area contributed by atoms with Crippen molar-refractivity contribution in [3.05, 3.63) is 40.1 Å². The Bertz CT molecular complexity index is 587. The molecule has 2 amide bonds. The van der Waals surface area contributed by atoms with Crippen LogP contribution in [-0.4, -0.2) is 16.0 Å². The fourth-order valence-electron chi connectivity index (χ4n) is 1.68. The molecule has 2 heterocycles. The second-order valence-corrected chi connectivity index (χ2v) is 6.31. The highest BCUT2D eigenvalue weighted by Crippen LogP contribution is 2.27. The van der Waals surface area contributed by atoms with Gasteiger partial charge < -0.3 is 10.6 Å². The number of nitrogens with one attached hydrogen (secondary N) is 2. The van der Waals surface area contributed by atoms with E-state index in [4.69, 9.17) is 0 Å². The largest absolute Gasteiger partial charge is 0.326 e. The smallest absolute Gasteiger partial charge is 0.320 e. The number of aryl methyl sites for hydroxylation is 2. The quantitative estimate of drug-likeness (QED) is 0.912. The van der Waals surface area contributed by atoms with Gasteiger partial charge in [0.2, 0.25) is 0 Å². The first-order valence-electron chi connectivity index (χ1n) is 6.32. The number of carbonyl (C=O) groups excluding carboxylic acids is 1. The Hall–Kier alpha value is -1.95. The van der Waals surface area contributed by atoms with Gasteiger partial charge in [0.15, 0.2) is 0 Å². The number of thiazole rings is 1. The minimum Gasteiger partial charge on any atom is -0.326 e. The molecule has 2 aromatic rings. The first-order chi connectivity index (χ1) is 9.38. The highest BCUT2D eigenvalue weighted by molar-refractivity contribution is 7.11. The molecular weight excluding hydrogens is 272 g/mol. The monoisotopic (exact) mass is 290 g/mol. The van der Waals surface area contributed by atoms with Gasteiger partial charge in [-0.15, -0.1) is 11.3 Å². The van der Waals surface area contributed by atoms with E-state index in [0.29, 0.717) is 5.69 Å². The molecule has 0 saturated carbocycles. The van der Waals surface area contributed by atoms with Crippen molar-refractivity contribution in [3.63, 3.8) is 0 Å². The summed E-state index contributed by atoms with van der Waals surface area (Å²) in [6.07, 6.45) is 3.26. The van der Waals surface area contributed by atoms with E-state index >= 15 is 0 Å². The molecule has 0 radical (unpaired) electrons. The fraction of sp³-hybridized carbons (Fsp3) is 0.357. The number of aromatic nitrogens is 2. The Labute approximate surface area is 122 Å². The van der Waals surface area contributed by atoms with Crippen LogP contribution in [0.1, 0.15) is 29.4 Å². The molecule has 0 atom stereocenters. The molecule has 0 unspecified atom stereocenters. The maximum Gasteiger partial charge on any atom is 0.320 e. The van der Waals surface area contributed by atoms with Crippen LogP contribution in [0.3, 0.4) is 0 Å². The standard InChI is InChI=1S/C14H18N4OS/c1-9-10(2)20-12(16-9)14(3,4)18-13(19)17-11-6-5-7-15-8-11/h5-8H,1-4H3,(H2,17,18,19). The van der Waals surface area contributed by atoms with E-state index in [1.807, 2.05) is 27.7 Å². The molecule has 0 aliphatic heterocycles. The van der Waals surface area contributed by atoms with E-state index < -0.39 is 5.54 Å². The predicted molar refractivity (Wildman–Crippen MR) is 81.0 cm³/mol. The lowest BCUT2D eigenvalue weighted by atomic mass is 10.1. The molecule has 2 aromatic heterocycles. The summed E-state index contributed by atoms with van der Waals surface area (Å²) in [4.78, 5) is 21.6. The number of anilines is 1. The number of amides is 2. The van der Waals surface area contributed by atoms with Crippen LogP contribution in [0.25, 0.3) is 0 Å². The number of carbonyl (C=O) groups is 1. The molecule has 0 fully saturated rings. The van der Waals surface area contributed by atoms with Crippen LogP contribution >= 0.6 is 11.3 Å². The van der Waals surface area contributed by atoms with Crippen molar-refractivity contribution in [3.8, 4) is 0 Å². The van der Waals surface area contributed by atoms with Gasteiger partial charge in [-0.25, -0.2) is 9.78 Å². The molecule has 6 heteroatoms. The van der Waals surface area contributed by atoms with Crippen LogP contribution in [0, 0.1) is 13.8 Å². The van der Waals surface area contributed by atoms with E-state index in [2.05, 4.69) is 20.6 Å². The van der Waals surface area contributed by atoms with Crippen molar-refractivity contribution in [2.24, 2.45) is 0 Å². The van der Waals surface area contributed by atoms with Crippen molar-refractivity contribution >= 4 is 23.1 Å². The molecule has 0 bridgehead atoms. The lowest BCUT2D eigenvalue weighted by Gasteiger charge is -2.24. The summed E-state index contributed by atoms with van der Waals surface area (Å²) in [7, 11) is 0. The van der Waals surface area contributed by atoms with E-state index in [0.717, 1.165) is 10.7 Å². The maximum atomic E-state index is 12.0. The van der Waals surface area contributed by atoms with E-state index in [1.54, 1.807) is 35.9 Å². The molecular formula is C14H18N4OS. The van der Waals surface area contributed by atoms with Gasteiger partial charge in [0.05, 0.1) is 23.1 Å². The third-order valence-corrected chi connectivity index (χ3v) is 4.31. The number of nitrogens with zero attached hydrogens (tertiary/aromatic N) is 2. The van der Waals surface area contributed by atoms with Crippen LogP contribution in [-0.2, 0) is 5.54 Å². The zero-order valence-electron chi connectivity index (χ0n) is 12.0. The zero-order valence-corrected chi connectivity index (χ0v) is 12.8. The minimum atomic E-state index is -0.518. The van der Waals surface area contributed by atoms with Crippen molar-refractivity contribution in [1.82, 2.24) is 15.3 Å². The van der Waals surface area contributed by atoms with E-state index in [-0.39, 0.29) is 6.03 Å². The van der Waals surface area contributed by atoms with Crippen molar-refractivity contribution in [1.29, 1.82) is 0 Å². The minimum absolute atomic E-state index is 0.270. The third-order valence-electron chi connectivity index (χ3n) is 2.91. The molecule has 0 aromatic carbocycles. The first kappa shape index (κ1) is 14.5. The highest BCUT2D eigenvalue weighted by Gasteiger charge is 2.27.